The molecule has 3 aliphatic rings. The number of hydrogen-bond donors (Lipinski definition) is 6. The first-order chi connectivity index (χ1) is 19.5. The number of aliphatic hydroxyl groups excluding tert-OH is 2. The highest BCUT2D eigenvalue weighted by atomic mass is 32.5. The summed E-state index contributed by atoms with van der Waals surface area (Å²) in [6.07, 6.45) is -5.53. The molecule has 9 atom stereocenters. The number of H-pyrrole nitrogens is 1. The molecule has 2 aliphatic heterocycles. The third-order valence-electron chi connectivity index (χ3n) is 7.35. The van der Waals surface area contributed by atoms with Crippen LogP contribution in [0.15, 0.2) is 23.4 Å². The number of nitrogens with two attached hydrogens (primary N) is 2. The number of aromatic amines is 1. The molecule has 0 radical (unpaired) electrons. The molecule has 4 aromatic heterocycles. The number of aromatic nitrogens is 8. The van der Waals surface area contributed by atoms with Crippen molar-refractivity contribution in [2.75, 3.05) is 18.1 Å². The summed E-state index contributed by atoms with van der Waals surface area (Å²) < 4.78 is 40.8. The van der Waals surface area contributed by atoms with Gasteiger partial charge in [-0.2, -0.15) is 9.67 Å². The fourth-order valence-corrected chi connectivity index (χ4v) is 6.63. The lowest BCUT2D eigenvalue weighted by molar-refractivity contribution is -0.0844. The Balaban J connectivity index is 1.08. The minimum atomic E-state index is -4.25. The quantitative estimate of drug-likeness (QED) is 0.128. The smallest absolute Gasteiger partial charge is 0.325 e. The van der Waals surface area contributed by atoms with Crippen molar-refractivity contribution in [3.05, 3.63) is 28.9 Å². The van der Waals surface area contributed by atoms with E-state index < -0.39 is 67.5 Å². The van der Waals surface area contributed by atoms with Gasteiger partial charge in [-0.15, -0.1) is 5.10 Å². The molecular weight excluding hydrogens is 590 g/mol. The number of halogens is 1. The van der Waals surface area contributed by atoms with E-state index in [4.69, 9.17) is 41.8 Å². The molecule has 3 fully saturated rings. The second-order valence-corrected chi connectivity index (χ2v) is 12.6. The zero-order valence-electron chi connectivity index (χ0n) is 20.6. The number of hydrogen-bond acceptors (Lipinski definition) is 15. The average molecular weight is 612 g/mol. The highest BCUT2D eigenvalue weighted by Gasteiger charge is 2.80. The van der Waals surface area contributed by atoms with Gasteiger partial charge < -0.3 is 45.1 Å². The van der Waals surface area contributed by atoms with Gasteiger partial charge >= 0.3 is 6.72 Å². The monoisotopic (exact) mass is 612 g/mol. The minimum absolute atomic E-state index is 0.144. The fraction of sp³-hybridized carbons (Fsp3) is 0.500. The van der Waals surface area contributed by atoms with Crippen molar-refractivity contribution in [3.8, 4) is 0 Å². The van der Waals surface area contributed by atoms with Crippen LogP contribution in [0, 0.1) is 0 Å². The van der Waals surface area contributed by atoms with Crippen LogP contribution in [0.3, 0.4) is 0 Å². The summed E-state index contributed by atoms with van der Waals surface area (Å²) in [5.41, 5.74) is 8.49. The third kappa shape index (κ3) is 4.14. The largest absolute Gasteiger partial charge is 0.390 e. The molecular formula is C20H22FN10O8PS. The lowest BCUT2D eigenvalue weighted by atomic mass is 10.2. The lowest BCUT2D eigenvalue weighted by Gasteiger charge is -2.28. The van der Waals surface area contributed by atoms with E-state index in [0.717, 1.165) is 4.68 Å². The topological polar surface area (TPSA) is 257 Å². The van der Waals surface area contributed by atoms with E-state index in [9.17, 15) is 19.9 Å². The van der Waals surface area contributed by atoms with Gasteiger partial charge in [0.05, 0.1) is 18.1 Å². The molecule has 4 aromatic rings. The highest BCUT2D eigenvalue weighted by molar-refractivity contribution is 8.07. The summed E-state index contributed by atoms with van der Waals surface area (Å²) >= 11 is 5.13. The Hall–Kier alpha value is -3.20. The summed E-state index contributed by atoms with van der Waals surface area (Å²) in [6, 6.07) is 1.72. The number of nitrogens with zero attached hydrogens (tertiary/aromatic N) is 7. The molecule has 21 heteroatoms. The Labute approximate surface area is 232 Å². The highest BCUT2D eigenvalue weighted by Crippen LogP contribution is 2.62. The van der Waals surface area contributed by atoms with Crippen LogP contribution in [-0.2, 0) is 30.3 Å². The van der Waals surface area contributed by atoms with Crippen LogP contribution in [0.5, 0.6) is 0 Å². The Morgan fingerprint density at radius 2 is 2.10 bits per heavy atom. The summed E-state index contributed by atoms with van der Waals surface area (Å²) in [5, 5.41) is 28.9. The molecule has 6 heterocycles. The normalized spacial score (nSPS) is 34.3. The lowest BCUT2D eigenvalue weighted by Crippen LogP contribution is -2.37. The van der Waals surface area contributed by atoms with Crippen molar-refractivity contribution in [1.82, 2.24) is 39.5 Å². The molecule has 218 valence electrons. The second kappa shape index (κ2) is 9.15. The fourth-order valence-electron chi connectivity index (χ4n) is 5.23. The first-order valence-corrected chi connectivity index (χ1v) is 14.8. The van der Waals surface area contributed by atoms with E-state index in [0.29, 0.717) is 11.0 Å². The number of fused-ring (bicyclic) bond motifs is 3. The summed E-state index contributed by atoms with van der Waals surface area (Å²) in [5.74, 6) is 0.0348. The van der Waals surface area contributed by atoms with Crippen LogP contribution in [-0.4, -0.2) is 97.4 Å². The molecule has 0 amide bonds. The number of nitrogen functional groups attached to an aromatic ring is 2. The summed E-state index contributed by atoms with van der Waals surface area (Å²) in [7, 11) is 0. The molecule has 0 bridgehead atoms. The van der Waals surface area contributed by atoms with Gasteiger partial charge in [-0.05, 0) is 17.9 Å². The maximum Gasteiger partial charge on any atom is 0.325 e. The number of ether oxygens (including phenoxy) is 2. The van der Waals surface area contributed by atoms with Gasteiger partial charge in [-0.3, -0.25) is 14.3 Å². The van der Waals surface area contributed by atoms with E-state index in [1.54, 1.807) is 16.8 Å². The zero-order chi connectivity index (χ0) is 28.8. The van der Waals surface area contributed by atoms with Gasteiger partial charge in [0.1, 0.15) is 42.3 Å². The van der Waals surface area contributed by atoms with Gasteiger partial charge in [0, 0.05) is 12.6 Å². The van der Waals surface area contributed by atoms with Crippen molar-refractivity contribution < 1.29 is 38.0 Å². The van der Waals surface area contributed by atoms with E-state index >= 15 is 4.39 Å². The van der Waals surface area contributed by atoms with Crippen molar-refractivity contribution in [2.45, 2.75) is 55.1 Å². The molecule has 8 N–H and O–H groups in total. The van der Waals surface area contributed by atoms with Gasteiger partial charge in [0.15, 0.2) is 29.2 Å². The van der Waals surface area contributed by atoms with E-state index in [1.165, 1.54) is 6.33 Å². The molecule has 1 aliphatic carbocycles. The molecule has 7 rings (SSSR count). The van der Waals surface area contributed by atoms with Gasteiger partial charge in [0.2, 0.25) is 5.95 Å². The van der Waals surface area contributed by atoms with Crippen LogP contribution in [0.2, 0.25) is 0 Å². The molecule has 41 heavy (non-hydrogen) atoms. The Bertz CT molecular complexity index is 1790. The first kappa shape index (κ1) is 26.7. The maximum atomic E-state index is 15.7. The van der Waals surface area contributed by atoms with Crippen molar-refractivity contribution in [2.24, 2.45) is 0 Å². The van der Waals surface area contributed by atoms with Crippen LogP contribution in [0.25, 0.3) is 22.2 Å². The summed E-state index contributed by atoms with van der Waals surface area (Å²) in [4.78, 5) is 37.4. The van der Waals surface area contributed by atoms with Gasteiger partial charge in [-0.25, -0.2) is 14.4 Å². The Kier molecular flexibility index (Phi) is 5.95. The number of rotatable bonds is 7. The predicted octanol–water partition coefficient (Wildman–Crippen LogP) is -1.63. The molecule has 2 saturated heterocycles. The zero-order valence-corrected chi connectivity index (χ0v) is 22.3. The van der Waals surface area contributed by atoms with Crippen LogP contribution < -0.4 is 17.0 Å². The van der Waals surface area contributed by atoms with Crippen molar-refractivity contribution in [3.63, 3.8) is 0 Å². The van der Waals surface area contributed by atoms with E-state index in [-0.39, 0.29) is 29.4 Å². The van der Waals surface area contributed by atoms with Crippen molar-refractivity contribution in [1.29, 1.82) is 0 Å². The molecule has 0 spiro atoms. The first-order valence-electron chi connectivity index (χ1n) is 12.2. The van der Waals surface area contributed by atoms with Crippen LogP contribution in [0.4, 0.5) is 16.2 Å². The van der Waals surface area contributed by atoms with Gasteiger partial charge in [-0.1, -0.05) is 5.21 Å². The number of anilines is 2. The number of aliphatic hydroxyl groups is 2. The number of nitrogens with one attached hydrogen (secondary N) is 1. The second-order valence-electron chi connectivity index (χ2n) is 9.82. The van der Waals surface area contributed by atoms with Crippen molar-refractivity contribution >= 4 is 52.5 Å². The minimum Gasteiger partial charge on any atom is -0.390 e. The number of alkyl halides is 1. The standard InChI is InChI=1S/C20H22FN10O8PS/c21-20-11(33)12(20)38-18(31-16-10(28-29-31)17(34)27-19(23)26-16)13(20)39-40(35,41)36-4-8-7(32)3-9(37-8)30-2-1-6-14(22)24-5-25-15(6)30/h1-2,5,7-9,11-13,18,32-33H,3-4H2,(H,35,41)(H2,22,24,25)(H3,23,26,27,34)/t7-,8+,9+,11?,12+,13+,18+,20+,40?/m0/s1. The summed E-state index contributed by atoms with van der Waals surface area (Å²) in [6.45, 7) is -4.66. The van der Waals surface area contributed by atoms with Crippen LogP contribution >= 0.6 is 6.72 Å². The predicted molar refractivity (Wildman–Crippen MR) is 138 cm³/mol. The van der Waals surface area contributed by atoms with Gasteiger partial charge in [0.25, 0.3) is 5.56 Å². The van der Waals surface area contributed by atoms with E-state index in [2.05, 4.69) is 30.2 Å². The average Bonchev–Trinajstić information content (AvgIpc) is 3.49. The Morgan fingerprint density at radius 1 is 1.29 bits per heavy atom. The molecule has 2 unspecified atom stereocenters. The maximum absolute atomic E-state index is 15.7. The molecule has 1 saturated carbocycles. The molecule has 0 aromatic carbocycles. The Morgan fingerprint density at radius 3 is 2.90 bits per heavy atom. The SMILES string of the molecule is Nc1nc2c(nnn2[C@@H]2O[C@@H]3C(O)[C@]3(F)[C@@H]2OP(O)(=S)OC[C@H]2O[C@@H](n3ccc4c(N)ncnc43)C[C@@H]2O)c(=O)[nH]1. The van der Waals surface area contributed by atoms with E-state index in [1.807, 2.05) is 0 Å². The van der Waals surface area contributed by atoms with Crippen LogP contribution in [0.1, 0.15) is 18.9 Å². The molecule has 18 nitrogen and oxygen atoms in total. The third-order valence-corrected chi connectivity index (χ3v) is 8.89.